The fourth-order valence-electron chi connectivity index (χ4n) is 0.940. The van der Waals surface area contributed by atoms with Gasteiger partial charge in [-0.3, -0.25) is 0 Å². The summed E-state index contributed by atoms with van der Waals surface area (Å²) < 4.78 is 26.1. The van der Waals surface area contributed by atoms with E-state index in [-0.39, 0.29) is 22.6 Å². The molecule has 1 atom stereocenters. The molecule has 0 fully saturated rings. The number of rotatable bonds is 4. The normalized spacial score (nSPS) is 12.6. The molecule has 0 bridgehead atoms. The van der Waals surface area contributed by atoms with Gasteiger partial charge in [0, 0.05) is 12.6 Å². The number of hydrogen-bond donors (Lipinski definition) is 2. The van der Waals surface area contributed by atoms with Gasteiger partial charge in [0.1, 0.15) is 11.6 Å². The molecule has 6 heteroatoms. The first-order valence-corrected chi connectivity index (χ1v) is 5.49. The summed E-state index contributed by atoms with van der Waals surface area (Å²) in [5.74, 6) is -1.33. The average Bonchev–Trinajstić information content (AvgIpc) is 2.21. The molecule has 0 spiro atoms. The second-order valence-electron chi connectivity index (χ2n) is 2.94. The predicted molar refractivity (Wildman–Crippen MR) is 59.3 cm³/mol. The maximum atomic E-state index is 13.1. The van der Waals surface area contributed by atoms with E-state index in [0.717, 1.165) is 6.07 Å². The SMILES string of the molecule is OC(CCl)CNc1cc(Br)c(F)cc1F. The standard InChI is InChI=1S/C9H9BrClF2NO/c10-6-1-9(8(13)2-7(6)12)14-4-5(15)3-11/h1-2,5,14-15H,3-4H2. The molecular weight excluding hydrogens is 291 g/mol. The van der Waals surface area contributed by atoms with Gasteiger partial charge in [0.05, 0.1) is 22.1 Å². The second kappa shape index (κ2) is 5.63. The van der Waals surface area contributed by atoms with Gasteiger partial charge in [-0.2, -0.15) is 0 Å². The van der Waals surface area contributed by atoms with Gasteiger partial charge in [0.2, 0.25) is 0 Å². The molecule has 0 amide bonds. The predicted octanol–water partition coefficient (Wildman–Crippen LogP) is 2.74. The van der Waals surface area contributed by atoms with Crippen LogP contribution in [0.5, 0.6) is 0 Å². The number of alkyl halides is 1. The van der Waals surface area contributed by atoms with Crippen LogP contribution in [0.4, 0.5) is 14.5 Å². The van der Waals surface area contributed by atoms with Gasteiger partial charge in [0.15, 0.2) is 0 Å². The molecule has 1 unspecified atom stereocenters. The smallest absolute Gasteiger partial charge is 0.149 e. The molecule has 0 aliphatic carbocycles. The van der Waals surface area contributed by atoms with Gasteiger partial charge in [0.25, 0.3) is 0 Å². The van der Waals surface area contributed by atoms with Gasteiger partial charge >= 0.3 is 0 Å². The molecule has 84 valence electrons. The third kappa shape index (κ3) is 3.59. The van der Waals surface area contributed by atoms with Gasteiger partial charge in [-0.25, -0.2) is 8.78 Å². The highest BCUT2D eigenvalue weighted by Crippen LogP contribution is 2.23. The van der Waals surface area contributed by atoms with Crippen molar-refractivity contribution in [3.63, 3.8) is 0 Å². The zero-order chi connectivity index (χ0) is 11.4. The molecule has 0 heterocycles. The maximum Gasteiger partial charge on any atom is 0.149 e. The van der Waals surface area contributed by atoms with Crippen LogP contribution in [0.3, 0.4) is 0 Å². The van der Waals surface area contributed by atoms with Crippen molar-refractivity contribution in [2.45, 2.75) is 6.10 Å². The Morgan fingerprint density at radius 2 is 2.07 bits per heavy atom. The average molecular weight is 301 g/mol. The molecular formula is C9H9BrClF2NO. The van der Waals surface area contributed by atoms with Crippen LogP contribution >= 0.6 is 27.5 Å². The molecule has 0 aliphatic heterocycles. The Labute approximate surface area is 99.4 Å². The van der Waals surface area contributed by atoms with Gasteiger partial charge in [-0.1, -0.05) is 0 Å². The summed E-state index contributed by atoms with van der Waals surface area (Å²) in [5, 5.41) is 11.8. The van der Waals surface area contributed by atoms with Crippen LogP contribution in [0, 0.1) is 11.6 Å². The highest BCUT2D eigenvalue weighted by molar-refractivity contribution is 9.10. The van der Waals surface area contributed by atoms with Crippen molar-refractivity contribution in [1.29, 1.82) is 0 Å². The molecule has 2 N–H and O–H groups in total. The van der Waals surface area contributed by atoms with E-state index in [9.17, 15) is 8.78 Å². The van der Waals surface area contributed by atoms with Crippen LogP contribution in [0.2, 0.25) is 0 Å². The molecule has 15 heavy (non-hydrogen) atoms. The van der Waals surface area contributed by atoms with Crippen molar-refractivity contribution in [3.8, 4) is 0 Å². The molecule has 1 aromatic carbocycles. The van der Waals surface area contributed by atoms with Crippen LogP contribution in [-0.4, -0.2) is 23.6 Å². The third-order valence-electron chi connectivity index (χ3n) is 1.72. The van der Waals surface area contributed by atoms with E-state index in [1.165, 1.54) is 6.07 Å². The molecule has 1 rings (SSSR count). The lowest BCUT2D eigenvalue weighted by Gasteiger charge is -2.11. The third-order valence-corrected chi connectivity index (χ3v) is 2.68. The summed E-state index contributed by atoms with van der Waals surface area (Å²) >= 11 is 8.30. The van der Waals surface area contributed by atoms with E-state index in [1.807, 2.05) is 0 Å². The van der Waals surface area contributed by atoms with Crippen molar-refractivity contribution in [3.05, 3.63) is 28.2 Å². The zero-order valence-corrected chi connectivity index (χ0v) is 9.95. The lowest BCUT2D eigenvalue weighted by atomic mass is 10.3. The Kier molecular flexibility index (Phi) is 4.76. The highest BCUT2D eigenvalue weighted by atomic mass is 79.9. The number of halogens is 4. The molecule has 0 saturated heterocycles. The summed E-state index contributed by atoms with van der Waals surface area (Å²) in [6.45, 7) is 0.110. The Balaban J connectivity index is 2.73. The van der Waals surface area contributed by atoms with Crippen molar-refractivity contribution in [1.82, 2.24) is 0 Å². The maximum absolute atomic E-state index is 13.1. The number of aliphatic hydroxyl groups excluding tert-OH is 1. The quantitative estimate of drug-likeness (QED) is 0.662. The Hall–Kier alpha value is -0.390. The Morgan fingerprint density at radius 1 is 1.40 bits per heavy atom. The number of anilines is 1. The minimum absolute atomic E-state index is 0.0526. The summed E-state index contributed by atoms with van der Waals surface area (Å²) in [4.78, 5) is 0. The number of hydrogen-bond acceptors (Lipinski definition) is 2. The molecule has 0 aliphatic rings. The minimum Gasteiger partial charge on any atom is -0.390 e. The van der Waals surface area contributed by atoms with E-state index in [0.29, 0.717) is 0 Å². The van der Waals surface area contributed by atoms with Gasteiger partial charge in [-0.05, 0) is 22.0 Å². The lowest BCUT2D eigenvalue weighted by Crippen LogP contribution is -2.21. The first-order chi connectivity index (χ1) is 7.04. The van der Waals surface area contributed by atoms with E-state index < -0.39 is 17.7 Å². The van der Waals surface area contributed by atoms with Crippen molar-refractivity contribution < 1.29 is 13.9 Å². The molecule has 2 nitrogen and oxygen atoms in total. The van der Waals surface area contributed by atoms with Crippen molar-refractivity contribution >= 4 is 33.2 Å². The van der Waals surface area contributed by atoms with Gasteiger partial charge < -0.3 is 10.4 Å². The first kappa shape index (κ1) is 12.7. The van der Waals surface area contributed by atoms with Crippen molar-refractivity contribution in [2.75, 3.05) is 17.7 Å². The largest absolute Gasteiger partial charge is 0.390 e. The van der Waals surface area contributed by atoms with E-state index in [4.69, 9.17) is 16.7 Å². The van der Waals surface area contributed by atoms with Crippen LogP contribution < -0.4 is 5.32 Å². The molecule has 0 radical (unpaired) electrons. The summed E-state index contributed by atoms with van der Waals surface area (Å²) in [6.07, 6.45) is -0.769. The number of aliphatic hydroxyl groups is 1. The van der Waals surface area contributed by atoms with Gasteiger partial charge in [-0.15, -0.1) is 11.6 Å². The van der Waals surface area contributed by atoms with E-state index >= 15 is 0 Å². The Bertz CT molecular complexity index is 351. The number of nitrogens with one attached hydrogen (secondary N) is 1. The van der Waals surface area contributed by atoms with Crippen LogP contribution in [0.15, 0.2) is 16.6 Å². The summed E-state index contributed by atoms with van der Waals surface area (Å²) in [5.41, 5.74) is 0.118. The van der Waals surface area contributed by atoms with Crippen LogP contribution in [-0.2, 0) is 0 Å². The van der Waals surface area contributed by atoms with Crippen LogP contribution in [0.25, 0.3) is 0 Å². The van der Waals surface area contributed by atoms with Crippen molar-refractivity contribution in [2.24, 2.45) is 0 Å². The fraction of sp³-hybridized carbons (Fsp3) is 0.333. The zero-order valence-electron chi connectivity index (χ0n) is 7.61. The summed E-state index contributed by atoms with van der Waals surface area (Å²) in [7, 11) is 0. The monoisotopic (exact) mass is 299 g/mol. The summed E-state index contributed by atoms with van der Waals surface area (Å²) in [6, 6.07) is 2.03. The highest BCUT2D eigenvalue weighted by Gasteiger charge is 2.09. The van der Waals surface area contributed by atoms with E-state index in [2.05, 4.69) is 21.2 Å². The topological polar surface area (TPSA) is 32.3 Å². The number of benzene rings is 1. The molecule has 1 aromatic rings. The van der Waals surface area contributed by atoms with E-state index in [1.54, 1.807) is 0 Å². The fourth-order valence-corrected chi connectivity index (χ4v) is 1.39. The lowest BCUT2D eigenvalue weighted by molar-refractivity contribution is 0.211. The molecule has 0 aromatic heterocycles. The molecule has 0 saturated carbocycles. The minimum atomic E-state index is -0.769. The van der Waals surface area contributed by atoms with Crippen LogP contribution in [0.1, 0.15) is 0 Å². The second-order valence-corrected chi connectivity index (χ2v) is 4.10. The first-order valence-electron chi connectivity index (χ1n) is 4.17. The Morgan fingerprint density at radius 3 is 2.67 bits per heavy atom.